The summed E-state index contributed by atoms with van der Waals surface area (Å²) in [5.41, 5.74) is 0.952. The van der Waals surface area contributed by atoms with Crippen LogP contribution in [0.3, 0.4) is 0 Å². The van der Waals surface area contributed by atoms with E-state index < -0.39 is 7.32 Å². The molecule has 2 rings (SSSR count). The summed E-state index contributed by atoms with van der Waals surface area (Å²) in [5.74, 6) is 0.463. The van der Waals surface area contributed by atoms with E-state index in [0.29, 0.717) is 15.8 Å². The van der Waals surface area contributed by atoms with Gasteiger partial charge in [-0.05, 0) is 42.1 Å². The van der Waals surface area contributed by atoms with Crippen LogP contribution >= 0.6 is 22.9 Å². The molecule has 1 heterocycles. The van der Waals surface area contributed by atoms with Crippen LogP contribution in [0.25, 0.3) is 0 Å². The van der Waals surface area contributed by atoms with Crippen LogP contribution < -0.4 is 9.31 Å². The second-order valence-electron chi connectivity index (χ2n) is 3.39. The second-order valence-corrected chi connectivity index (χ2v) is 4.70. The molecule has 0 atom stereocenters. The largest absolute Gasteiger partial charge is 0.785 e. The Kier molecular flexibility index (Phi) is 3.94. The van der Waals surface area contributed by atoms with E-state index in [9.17, 15) is 5.02 Å². The van der Waals surface area contributed by atoms with Crippen molar-refractivity contribution in [3.05, 3.63) is 46.3 Å². The van der Waals surface area contributed by atoms with Gasteiger partial charge in [-0.25, -0.2) is 0 Å². The molecule has 0 saturated heterocycles. The summed E-state index contributed by atoms with van der Waals surface area (Å²) in [4.78, 5) is 0. The van der Waals surface area contributed by atoms with Gasteiger partial charge in [-0.3, -0.25) is 0 Å². The predicted molar refractivity (Wildman–Crippen MR) is 69.7 cm³/mol. The molecule has 0 fully saturated rings. The lowest BCUT2D eigenvalue weighted by Crippen LogP contribution is -2.29. The lowest BCUT2D eigenvalue weighted by molar-refractivity contribution is 0.301. The standard InChI is InChI=1S/C11H10BClO3S/c1-8-4-5-9(7-10(8)13)15-12(14)16-11-3-2-6-17-11/h2-7,14H,1H3. The van der Waals surface area contributed by atoms with E-state index in [0.717, 1.165) is 5.56 Å². The summed E-state index contributed by atoms with van der Waals surface area (Å²) in [6, 6.07) is 8.75. The number of benzene rings is 1. The SMILES string of the molecule is Cc1ccc(OB(O)Oc2cccs2)cc1Cl. The molecule has 0 saturated carbocycles. The first-order valence-electron chi connectivity index (χ1n) is 4.96. The van der Waals surface area contributed by atoms with Gasteiger partial charge in [0.25, 0.3) is 0 Å². The predicted octanol–water partition coefficient (Wildman–Crippen LogP) is 3.14. The summed E-state index contributed by atoms with van der Waals surface area (Å²) in [5, 5.41) is 12.6. The fourth-order valence-electron chi connectivity index (χ4n) is 1.22. The van der Waals surface area contributed by atoms with E-state index in [1.54, 1.807) is 18.2 Å². The number of hydrogen-bond donors (Lipinski definition) is 1. The molecule has 1 aromatic carbocycles. The highest BCUT2D eigenvalue weighted by Gasteiger charge is 2.21. The van der Waals surface area contributed by atoms with Crippen LogP contribution in [-0.4, -0.2) is 12.3 Å². The van der Waals surface area contributed by atoms with Crippen molar-refractivity contribution < 1.29 is 14.3 Å². The Bertz CT molecular complexity index is 489. The van der Waals surface area contributed by atoms with Crippen LogP contribution in [0.2, 0.25) is 5.02 Å². The number of aryl methyl sites for hydroxylation is 1. The first-order chi connectivity index (χ1) is 8.15. The smallest absolute Gasteiger partial charge is 0.501 e. The van der Waals surface area contributed by atoms with Gasteiger partial charge in [0.2, 0.25) is 0 Å². The molecule has 0 bridgehead atoms. The van der Waals surface area contributed by atoms with Crippen molar-refractivity contribution in [1.29, 1.82) is 0 Å². The molecule has 17 heavy (non-hydrogen) atoms. The van der Waals surface area contributed by atoms with Gasteiger partial charge in [0.1, 0.15) is 5.75 Å². The van der Waals surface area contributed by atoms with E-state index in [4.69, 9.17) is 20.9 Å². The molecule has 88 valence electrons. The van der Waals surface area contributed by atoms with Crippen LogP contribution in [0.1, 0.15) is 5.56 Å². The maximum Gasteiger partial charge on any atom is 0.785 e. The number of thiophene rings is 1. The Balaban J connectivity index is 1.98. The van der Waals surface area contributed by atoms with Gasteiger partial charge in [-0.2, -0.15) is 0 Å². The summed E-state index contributed by atoms with van der Waals surface area (Å²) in [6.45, 7) is 1.89. The van der Waals surface area contributed by atoms with Gasteiger partial charge >= 0.3 is 7.32 Å². The van der Waals surface area contributed by atoms with Gasteiger partial charge in [-0.1, -0.05) is 17.7 Å². The Morgan fingerprint density at radius 1 is 1.29 bits per heavy atom. The van der Waals surface area contributed by atoms with Gasteiger partial charge in [-0.15, -0.1) is 11.3 Å². The minimum absolute atomic E-state index is 0.463. The molecule has 6 heteroatoms. The second kappa shape index (κ2) is 5.45. The molecule has 0 aliphatic rings. The highest BCUT2D eigenvalue weighted by atomic mass is 35.5. The van der Waals surface area contributed by atoms with Crippen LogP contribution in [0.4, 0.5) is 0 Å². The summed E-state index contributed by atoms with van der Waals surface area (Å²) >= 11 is 7.32. The highest BCUT2D eigenvalue weighted by Crippen LogP contribution is 2.23. The lowest BCUT2D eigenvalue weighted by atomic mass is 10.2. The highest BCUT2D eigenvalue weighted by molar-refractivity contribution is 7.12. The number of rotatable bonds is 4. The van der Waals surface area contributed by atoms with Crippen LogP contribution in [0.15, 0.2) is 35.7 Å². The number of hydrogen-bond acceptors (Lipinski definition) is 4. The Morgan fingerprint density at radius 3 is 2.76 bits per heavy atom. The Hall–Kier alpha value is -1.17. The summed E-state index contributed by atoms with van der Waals surface area (Å²) in [7, 11) is -1.34. The molecule has 0 amide bonds. The van der Waals surface area contributed by atoms with Crippen LogP contribution in [0.5, 0.6) is 10.8 Å². The van der Waals surface area contributed by atoms with Crippen LogP contribution in [0, 0.1) is 6.92 Å². The third-order valence-electron chi connectivity index (χ3n) is 2.09. The van der Waals surface area contributed by atoms with E-state index in [-0.39, 0.29) is 0 Å². The summed E-state index contributed by atoms with van der Waals surface area (Å²) in [6.07, 6.45) is 0. The minimum Gasteiger partial charge on any atom is -0.501 e. The van der Waals surface area contributed by atoms with E-state index in [2.05, 4.69) is 0 Å². The molecule has 0 aliphatic heterocycles. The van der Waals surface area contributed by atoms with Gasteiger partial charge in [0.05, 0.1) is 0 Å². The lowest BCUT2D eigenvalue weighted by Gasteiger charge is -2.10. The fourth-order valence-corrected chi connectivity index (χ4v) is 1.97. The van der Waals surface area contributed by atoms with Crippen molar-refractivity contribution in [2.45, 2.75) is 6.92 Å². The average molecular weight is 269 g/mol. The van der Waals surface area contributed by atoms with Gasteiger partial charge in [0.15, 0.2) is 5.06 Å². The fraction of sp³-hybridized carbons (Fsp3) is 0.0909. The first-order valence-corrected chi connectivity index (χ1v) is 6.22. The van der Waals surface area contributed by atoms with Crippen molar-refractivity contribution >= 4 is 30.3 Å². The Morgan fingerprint density at radius 2 is 2.12 bits per heavy atom. The van der Waals surface area contributed by atoms with Crippen LogP contribution in [-0.2, 0) is 0 Å². The molecule has 0 aliphatic carbocycles. The summed E-state index contributed by atoms with van der Waals surface area (Å²) < 4.78 is 10.3. The van der Waals surface area contributed by atoms with Gasteiger partial charge in [0, 0.05) is 5.02 Å². The van der Waals surface area contributed by atoms with E-state index in [1.807, 2.05) is 24.4 Å². The molecule has 1 aromatic heterocycles. The molecule has 0 radical (unpaired) electrons. The maximum atomic E-state index is 9.55. The monoisotopic (exact) mass is 268 g/mol. The maximum absolute atomic E-state index is 9.55. The van der Waals surface area contributed by atoms with Crippen molar-refractivity contribution in [2.24, 2.45) is 0 Å². The molecule has 2 aromatic rings. The number of halogens is 1. The topological polar surface area (TPSA) is 38.7 Å². The van der Waals surface area contributed by atoms with Crippen molar-refractivity contribution in [3.63, 3.8) is 0 Å². The first kappa shape index (κ1) is 12.3. The molecular formula is C11H10BClO3S. The average Bonchev–Trinajstić information content (AvgIpc) is 2.76. The zero-order chi connectivity index (χ0) is 12.3. The van der Waals surface area contributed by atoms with Crippen molar-refractivity contribution in [2.75, 3.05) is 0 Å². The van der Waals surface area contributed by atoms with Crippen molar-refractivity contribution in [3.8, 4) is 10.8 Å². The molecular weight excluding hydrogens is 258 g/mol. The third kappa shape index (κ3) is 3.39. The zero-order valence-corrected chi connectivity index (χ0v) is 10.7. The van der Waals surface area contributed by atoms with Crippen molar-refractivity contribution in [1.82, 2.24) is 0 Å². The molecule has 1 N–H and O–H groups in total. The normalized spacial score (nSPS) is 10.1. The molecule has 3 nitrogen and oxygen atoms in total. The quantitative estimate of drug-likeness (QED) is 0.866. The van der Waals surface area contributed by atoms with Gasteiger partial charge < -0.3 is 14.3 Å². The third-order valence-corrected chi connectivity index (χ3v) is 3.26. The van der Waals surface area contributed by atoms with E-state index in [1.165, 1.54) is 11.3 Å². The van der Waals surface area contributed by atoms with E-state index >= 15 is 0 Å². The molecule has 0 spiro atoms. The minimum atomic E-state index is -1.34. The zero-order valence-electron chi connectivity index (χ0n) is 9.09. The Labute approximate surface area is 109 Å². The molecule has 0 unspecified atom stereocenters.